The van der Waals surface area contributed by atoms with Gasteiger partial charge in [-0.05, 0) is 36.4 Å². The molecule has 0 aliphatic carbocycles. The van der Waals surface area contributed by atoms with E-state index < -0.39 is 4.92 Å². The molecule has 0 fully saturated rings. The number of carbonyl (C=O) groups is 1. The number of ether oxygens (including phenoxy) is 1. The van der Waals surface area contributed by atoms with Gasteiger partial charge in [-0.25, -0.2) is 0 Å². The number of nitrogens with zero attached hydrogens (tertiary/aromatic N) is 1. The number of nitro groups is 1. The van der Waals surface area contributed by atoms with Crippen LogP contribution in [0.15, 0.2) is 48.5 Å². The van der Waals surface area contributed by atoms with Crippen LogP contribution in [0.3, 0.4) is 0 Å². The molecule has 0 aliphatic rings. The summed E-state index contributed by atoms with van der Waals surface area (Å²) in [6, 6.07) is 12.6. The molecule has 20 heavy (non-hydrogen) atoms. The first-order valence-electron chi connectivity index (χ1n) is 5.84. The lowest BCUT2D eigenvalue weighted by atomic mass is 10.3. The van der Waals surface area contributed by atoms with Gasteiger partial charge >= 0.3 is 0 Å². The highest BCUT2D eigenvalue weighted by molar-refractivity contribution is 5.88. The van der Waals surface area contributed by atoms with E-state index in [1.807, 2.05) is 0 Å². The number of carbonyl (C=O) groups excluding carboxylic acids is 1. The van der Waals surface area contributed by atoms with Crippen LogP contribution in [0.4, 0.5) is 11.4 Å². The zero-order valence-electron chi connectivity index (χ0n) is 10.7. The minimum Gasteiger partial charge on any atom is -0.457 e. The summed E-state index contributed by atoms with van der Waals surface area (Å²) in [6.45, 7) is 1.43. The monoisotopic (exact) mass is 272 g/mol. The molecule has 2 aromatic carbocycles. The Labute approximate surface area is 115 Å². The van der Waals surface area contributed by atoms with E-state index in [0.29, 0.717) is 17.2 Å². The second kappa shape index (κ2) is 5.83. The van der Waals surface area contributed by atoms with E-state index in [1.165, 1.54) is 31.2 Å². The molecule has 1 N–H and O–H groups in total. The van der Waals surface area contributed by atoms with Crippen LogP contribution in [0, 0.1) is 10.1 Å². The first-order chi connectivity index (χ1) is 9.54. The van der Waals surface area contributed by atoms with Crippen LogP contribution in [-0.4, -0.2) is 10.8 Å². The molecule has 0 aromatic heterocycles. The summed E-state index contributed by atoms with van der Waals surface area (Å²) in [5, 5.41) is 13.2. The molecule has 6 nitrogen and oxygen atoms in total. The molecule has 0 saturated heterocycles. The van der Waals surface area contributed by atoms with E-state index in [0.717, 1.165) is 0 Å². The molecule has 0 atom stereocenters. The summed E-state index contributed by atoms with van der Waals surface area (Å²) in [6.07, 6.45) is 0. The fraction of sp³-hybridized carbons (Fsp3) is 0.0714. The van der Waals surface area contributed by atoms with Crippen molar-refractivity contribution in [1.29, 1.82) is 0 Å². The molecule has 0 aliphatic heterocycles. The van der Waals surface area contributed by atoms with Crippen LogP contribution >= 0.6 is 0 Å². The summed E-state index contributed by atoms with van der Waals surface area (Å²) in [4.78, 5) is 20.9. The van der Waals surface area contributed by atoms with Crippen LogP contribution in [0.25, 0.3) is 0 Å². The lowest BCUT2D eigenvalue weighted by Gasteiger charge is -2.07. The van der Waals surface area contributed by atoms with E-state index in [2.05, 4.69) is 5.32 Å². The van der Waals surface area contributed by atoms with Gasteiger partial charge in [-0.15, -0.1) is 0 Å². The van der Waals surface area contributed by atoms with Gasteiger partial charge in [0.05, 0.1) is 4.92 Å². The summed E-state index contributed by atoms with van der Waals surface area (Å²) in [5.74, 6) is 0.935. The topological polar surface area (TPSA) is 81.5 Å². The Balaban J connectivity index is 2.06. The van der Waals surface area contributed by atoms with E-state index in [1.54, 1.807) is 24.3 Å². The van der Waals surface area contributed by atoms with Crippen molar-refractivity contribution >= 4 is 17.3 Å². The van der Waals surface area contributed by atoms with Crippen molar-refractivity contribution in [1.82, 2.24) is 0 Å². The number of hydrogen-bond acceptors (Lipinski definition) is 4. The van der Waals surface area contributed by atoms with Crippen LogP contribution < -0.4 is 10.1 Å². The molecule has 2 rings (SSSR count). The molecule has 0 saturated carbocycles. The molecule has 2 aromatic rings. The second-order valence-electron chi connectivity index (χ2n) is 4.06. The van der Waals surface area contributed by atoms with Gasteiger partial charge in [-0.2, -0.15) is 0 Å². The average molecular weight is 272 g/mol. The third-order valence-corrected chi connectivity index (χ3v) is 2.46. The van der Waals surface area contributed by atoms with Crippen molar-refractivity contribution < 1.29 is 14.5 Å². The minimum atomic E-state index is -0.466. The highest BCUT2D eigenvalue weighted by Gasteiger charge is 2.05. The summed E-state index contributed by atoms with van der Waals surface area (Å²) in [5.41, 5.74) is 0.687. The molecular weight excluding hydrogens is 260 g/mol. The smallest absolute Gasteiger partial charge is 0.269 e. The molecule has 0 radical (unpaired) electrons. The van der Waals surface area contributed by atoms with Gasteiger partial charge < -0.3 is 10.1 Å². The molecule has 102 valence electrons. The fourth-order valence-corrected chi connectivity index (χ4v) is 1.58. The van der Waals surface area contributed by atoms with Crippen LogP contribution in [-0.2, 0) is 4.79 Å². The van der Waals surface area contributed by atoms with Crippen molar-refractivity contribution in [2.45, 2.75) is 6.92 Å². The van der Waals surface area contributed by atoms with Crippen molar-refractivity contribution in [3.63, 3.8) is 0 Å². The van der Waals surface area contributed by atoms with Gasteiger partial charge in [0, 0.05) is 24.7 Å². The summed E-state index contributed by atoms with van der Waals surface area (Å²) < 4.78 is 5.54. The predicted octanol–water partition coefficient (Wildman–Crippen LogP) is 3.35. The Kier molecular flexibility index (Phi) is 3.95. The third kappa shape index (κ3) is 3.55. The van der Waals surface area contributed by atoms with Gasteiger partial charge in [0.25, 0.3) is 5.69 Å². The minimum absolute atomic E-state index is 0.0124. The lowest BCUT2D eigenvalue weighted by molar-refractivity contribution is -0.384. The number of amides is 1. The van der Waals surface area contributed by atoms with E-state index in [4.69, 9.17) is 4.74 Å². The number of hydrogen-bond donors (Lipinski definition) is 1. The number of nitro benzene ring substituents is 1. The number of benzene rings is 2. The van der Waals surface area contributed by atoms with Crippen molar-refractivity contribution in [2.24, 2.45) is 0 Å². The Morgan fingerprint density at radius 1 is 1.05 bits per heavy atom. The summed E-state index contributed by atoms with van der Waals surface area (Å²) >= 11 is 0. The largest absolute Gasteiger partial charge is 0.457 e. The maximum absolute atomic E-state index is 10.9. The standard InChI is InChI=1S/C14H12N2O4/c1-10(17)15-11-2-6-13(7-3-11)20-14-8-4-12(5-9-14)16(18)19/h2-9H,1H3,(H,15,17). The van der Waals surface area contributed by atoms with Gasteiger partial charge in [0.2, 0.25) is 5.91 Å². The fourth-order valence-electron chi connectivity index (χ4n) is 1.58. The van der Waals surface area contributed by atoms with Crippen LogP contribution in [0.2, 0.25) is 0 Å². The molecule has 1 amide bonds. The Hall–Kier alpha value is -2.89. The predicted molar refractivity (Wildman–Crippen MR) is 73.9 cm³/mol. The highest BCUT2D eigenvalue weighted by atomic mass is 16.6. The number of rotatable bonds is 4. The van der Waals surface area contributed by atoms with Crippen molar-refractivity contribution in [3.8, 4) is 11.5 Å². The molecule has 0 spiro atoms. The summed E-state index contributed by atoms with van der Waals surface area (Å²) in [7, 11) is 0. The van der Waals surface area contributed by atoms with Gasteiger partial charge in [-0.3, -0.25) is 14.9 Å². The van der Waals surface area contributed by atoms with Crippen molar-refractivity contribution in [3.05, 3.63) is 58.6 Å². The molecular formula is C14H12N2O4. The molecule has 0 bridgehead atoms. The van der Waals surface area contributed by atoms with Crippen LogP contribution in [0.5, 0.6) is 11.5 Å². The Morgan fingerprint density at radius 3 is 2.00 bits per heavy atom. The SMILES string of the molecule is CC(=O)Nc1ccc(Oc2ccc([N+](=O)[O-])cc2)cc1. The van der Waals surface area contributed by atoms with Crippen molar-refractivity contribution in [2.75, 3.05) is 5.32 Å². The number of non-ortho nitro benzene ring substituents is 1. The Morgan fingerprint density at radius 2 is 1.55 bits per heavy atom. The first-order valence-corrected chi connectivity index (χ1v) is 5.84. The first kappa shape index (κ1) is 13.5. The lowest BCUT2D eigenvalue weighted by Crippen LogP contribution is -2.05. The third-order valence-electron chi connectivity index (χ3n) is 2.46. The average Bonchev–Trinajstić information content (AvgIpc) is 2.41. The Bertz CT molecular complexity index is 621. The molecule has 6 heteroatoms. The van der Waals surface area contributed by atoms with Gasteiger partial charge in [-0.1, -0.05) is 0 Å². The second-order valence-corrected chi connectivity index (χ2v) is 4.06. The van der Waals surface area contributed by atoms with E-state index >= 15 is 0 Å². The zero-order chi connectivity index (χ0) is 14.5. The maximum Gasteiger partial charge on any atom is 0.269 e. The van der Waals surface area contributed by atoms with Crippen LogP contribution in [0.1, 0.15) is 6.92 Å². The van der Waals surface area contributed by atoms with E-state index in [-0.39, 0.29) is 11.6 Å². The normalized spacial score (nSPS) is 9.85. The quantitative estimate of drug-likeness (QED) is 0.683. The number of anilines is 1. The highest BCUT2D eigenvalue weighted by Crippen LogP contribution is 2.24. The molecule has 0 unspecified atom stereocenters. The van der Waals surface area contributed by atoms with Gasteiger partial charge in [0.1, 0.15) is 11.5 Å². The molecule has 0 heterocycles. The van der Waals surface area contributed by atoms with E-state index in [9.17, 15) is 14.9 Å². The number of nitrogens with one attached hydrogen (secondary N) is 1. The zero-order valence-corrected chi connectivity index (χ0v) is 10.7. The van der Waals surface area contributed by atoms with Gasteiger partial charge in [0.15, 0.2) is 0 Å². The maximum atomic E-state index is 10.9.